The summed E-state index contributed by atoms with van der Waals surface area (Å²) in [6, 6.07) is 0. The lowest BCUT2D eigenvalue weighted by atomic mass is 9.69. The van der Waals surface area contributed by atoms with Gasteiger partial charge in [0.25, 0.3) is 0 Å². The molecule has 0 saturated heterocycles. The topological polar surface area (TPSA) is 36.9 Å². The van der Waals surface area contributed by atoms with E-state index >= 15 is 0 Å². The quantitative estimate of drug-likeness (QED) is 0.211. The van der Waals surface area contributed by atoms with Gasteiger partial charge in [-0.15, -0.1) is 0 Å². The van der Waals surface area contributed by atoms with Crippen LogP contribution in [0, 0.1) is 5.41 Å². The largest absolute Gasteiger partial charge is 0.379 e. The van der Waals surface area contributed by atoms with Crippen molar-refractivity contribution in [3.63, 3.8) is 0 Å². The van der Waals surface area contributed by atoms with Gasteiger partial charge >= 0.3 is 0 Å². The monoisotopic (exact) mass is 464 g/mol. The lowest BCUT2D eigenvalue weighted by Crippen LogP contribution is -2.50. The summed E-state index contributed by atoms with van der Waals surface area (Å²) in [6.45, 7) is 27.7. The molecule has 0 spiro atoms. The molecular formula is C27H54B2O4. The minimum Gasteiger partial charge on any atom is -0.379 e. The van der Waals surface area contributed by atoms with Crippen LogP contribution in [-0.2, 0) is 18.9 Å². The van der Waals surface area contributed by atoms with Gasteiger partial charge in [-0.25, -0.2) is 0 Å². The third-order valence-electron chi connectivity index (χ3n) is 6.49. The van der Waals surface area contributed by atoms with Crippen molar-refractivity contribution < 1.29 is 18.9 Å². The average Bonchev–Trinajstić information content (AvgIpc) is 2.57. The molecule has 4 nitrogen and oxygen atoms in total. The lowest BCUT2D eigenvalue weighted by Gasteiger charge is -2.47. The Balaban J connectivity index is 5.30. The molecular weight excluding hydrogens is 410 g/mol. The first-order valence-electron chi connectivity index (χ1n) is 12.8. The van der Waals surface area contributed by atoms with E-state index in [0.29, 0.717) is 26.4 Å². The maximum absolute atomic E-state index is 6.51. The SMILES string of the molecule is [B]C(C)(C)CCOC(C)CC(C)(COC(C)(C)CCOC(C)C)C(C)(C)OCCC([B])(C)C. The van der Waals surface area contributed by atoms with Crippen molar-refractivity contribution in [1.29, 1.82) is 0 Å². The van der Waals surface area contributed by atoms with Crippen LogP contribution in [0.5, 0.6) is 0 Å². The molecule has 0 bridgehead atoms. The van der Waals surface area contributed by atoms with Crippen LogP contribution >= 0.6 is 0 Å². The number of rotatable bonds is 18. The second kappa shape index (κ2) is 13.3. The van der Waals surface area contributed by atoms with Crippen LogP contribution in [0.15, 0.2) is 0 Å². The number of ether oxygens (including phenoxy) is 4. The smallest absolute Gasteiger partial charge is 0.0739 e. The Morgan fingerprint density at radius 3 is 1.61 bits per heavy atom. The highest BCUT2D eigenvalue weighted by Gasteiger charge is 2.44. The summed E-state index contributed by atoms with van der Waals surface area (Å²) >= 11 is 0. The van der Waals surface area contributed by atoms with E-state index in [0.717, 1.165) is 25.7 Å². The van der Waals surface area contributed by atoms with Crippen molar-refractivity contribution in [3.05, 3.63) is 0 Å². The molecule has 6 heteroatoms. The first-order valence-corrected chi connectivity index (χ1v) is 12.8. The fourth-order valence-corrected chi connectivity index (χ4v) is 3.41. The Hall–Kier alpha value is -0.0301. The van der Waals surface area contributed by atoms with Crippen LogP contribution in [0.1, 0.15) is 109 Å². The Morgan fingerprint density at radius 1 is 0.636 bits per heavy atom. The molecule has 0 aliphatic rings. The van der Waals surface area contributed by atoms with Gasteiger partial charge < -0.3 is 18.9 Å². The maximum Gasteiger partial charge on any atom is 0.0739 e. The Labute approximate surface area is 209 Å². The molecule has 0 rings (SSSR count). The molecule has 0 aromatic carbocycles. The van der Waals surface area contributed by atoms with Gasteiger partial charge in [0.15, 0.2) is 0 Å². The summed E-state index contributed by atoms with van der Waals surface area (Å²) in [5, 5.41) is -0.488. The molecule has 2 unspecified atom stereocenters. The van der Waals surface area contributed by atoms with E-state index in [1.165, 1.54) is 0 Å². The molecule has 33 heavy (non-hydrogen) atoms. The molecule has 0 N–H and O–H groups in total. The minimum atomic E-state index is -0.423. The molecule has 4 radical (unpaired) electrons. The first-order chi connectivity index (χ1) is 14.7. The standard InChI is InChI=1S/C27H54B2O4/c1-21(2)30-17-15-25(8,9)33-20-27(12,19-22(3)31-16-13-23(4,5)28)26(10,11)32-18-14-24(6,7)29/h21-22H,13-20H2,1-12H3. The highest BCUT2D eigenvalue weighted by molar-refractivity contribution is 6.14. The highest BCUT2D eigenvalue weighted by Crippen LogP contribution is 2.41. The molecule has 0 amide bonds. The first kappa shape index (κ1) is 33.0. The molecule has 0 aliphatic heterocycles. The minimum absolute atomic E-state index is 0.0576. The fraction of sp³-hybridized carbons (Fsp3) is 1.00. The Kier molecular flexibility index (Phi) is 13.3. The zero-order chi connectivity index (χ0) is 26.1. The highest BCUT2D eigenvalue weighted by atomic mass is 16.5. The zero-order valence-corrected chi connectivity index (χ0v) is 24.1. The van der Waals surface area contributed by atoms with Crippen LogP contribution < -0.4 is 0 Å². The predicted octanol–water partition coefficient (Wildman–Crippen LogP) is 6.71. The normalized spacial score (nSPS) is 16.8. The van der Waals surface area contributed by atoms with E-state index in [4.69, 9.17) is 34.6 Å². The molecule has 2 atom stereocenters. The van der Waals surface area contributed by atoms with Gasteiger partial charge in [0.05, 0.1) is 45.7 Å². The van der Waals surface area contributed by atoms with Gasteiger partial charge in [-0.1, -0.05) is 45.2 Å². The number of hydrogen-bond donors (Lipinski definition) is 0. The van der Waals surface area contributed by atoms with Crippen molar-refractivity contribution in [3.8, 4) is 0 Å². The van der Waals surface area contributed by atoms with Crippen LogP contribution in [0.3, 0.4) is 0 Å². The van der Waals surface area contributed by atoms with Crippen molar-refractivity contribution in [1.82, 2.24) is 0 Å². The molecule has 0 fully saturated rings. The number of hydrogen-bond acceptors (Lipinski definition) is 4. The van der Waals surface area contributed by atoms with Gasteiger partial charge in [-0.2, -0.15) is 0 Å². The van der Waals surface area contributed by atoms with E-state index < -0.39 is 5.60 Å². The van der Waals surface area contributed by atoms with Crippen molar-refractivity contribution in [2.24, 2.45) is 5.41 Å². The predicted molar refractivity (Wildman–Crippen MR) is 143 cm³/mol. The van der Waals surface area contributed by atoms with E-state index in [1.54, 1.807) is 0 Å². The fourth-order valence-electron chi connectivity index (χ4n) is 3.41. The Bertz CT molecular complexity index is 535. The molecule has 0 heterocycles. The summed E-state index contributed by atoms with van der Waals surface area (Å²) in [6.07, 6.45) is 3.54. The summed E-state index contributed by atoms with van der Waals surface area (Å²) in [5.74, 6) is 0. The van der Waals surface area contributed by atoms with Crippen molar-refractivity contribution >= 4 is 15.7 Å². The van der Waals surface area contributed by atoms with Crippen molar-refractivity contribution in [2.45, 2.75) is 143 Å². The summed E-state index contributed by atoms with van der Waals surface area (Å²) in [7, 11) is 12.3. The Morgan fingerprint density at radius 2 is 1.12 bits per heavy atom. The van der Waals surface area contributed by atoms with Gasteiger partial charge in [-0.3, -0.25) is 0 Å². The third-order valence-corrected chi connectivity index (χ3v) is 6.49. The molecule has 0 saturated carbocycles. The van der Waals surface area contributed by atoms with Crippen LogP contribution in [-0.4, -0.2) is 65.5 Å². The van der Waals surface area contributed by atoms with E-state index in [9.17, 15) is 0 Å². The summed E-state index contributed by atoms with van der Waals surface area (Å²) < 4.78 is 24.9. The molecule has 192 valence electrons. The van der Waals surface area contributed by atoms with E-state index in [1.807, 2.05) is 27.7 Å². The van der Waals surface area contributed by atoms with Gasteiger partial charge in [0, 0.05) is 25.2 Å². The summed E-state index contributed by atoms with van der Waals surface area (Å²) in [5.41, 5.74) is -0.980. The van der Waals surface area contributed by atoms with Crippen LogP contribution in [0.2, 0.25) is 10.6 Å². The van der Waals surface area contributed by atoms with Gasteiger partial charge in [-0.05, 0) is 74.1 Å². The van der Waals surface area contributed by atoms with Crippen LogP contribution in [0.25, 0.3) is 0 Å². The van der Waals surface area contributed by atoms with Crippen molar-refractivity contribution in [2.75, 3.05) is 26.4 Å². The second-order valence-electron chi connectivity index (χ2n) is 13.0. The average molecular weight is 464 g/mol. The zero-order valence-electron chi connectivity index (χ0n) is 24.1. The van der Waals surface area contributed by atoms with E-state index in [2.05, 4.69) is 55.4 Å². The maximum atomic E-state index is 6.51. The second-order valence-corrected chi connectivity index (χ2v) is 13.0. The lowest BCUT2D eigenvalue weighted by molar-refractivity contribution is -0.173. The summed E-state index contributed by atoms with van der Waals surface area (Å²) in [4.78, 5) is 0. The van der Waals surface area contributed by atoms with Gasteiger partial charge in [0.1, 0.15) is 0 Å². The van der Waals surface area contributed by atoms with E-state index in [-0.39, 0.29) is 33.9 Å². The molecule has 0 aromatic rings. The third kappa shape index (κ3) is 15.6. The molecule has 0 aromatic heterocycles. The van der Waals surface area contributed by atoms with Crippen LogP contribution in [0.4, 0.5) is 0 Å². The molecule has 0 aliphatic carbocycles. The van der Waals surface area contributed by atoms with Gasteiger partial charge in [0.2, 0.25) is 0 Å².